The average molecular weight is 618 g/mol. The Balaban J connectivity index is 1.18. The van der Waals surface area contributed by atoms with Crippen LogP contribution in [0, 0.1) is 13.8 Å². The SMILES string of the molecule is Cc1nc(C)nc(-c2ccc(-c3cc(-c4ccc(-c5cc(-c6ccccc6)nc(-c6ccccc6)n5)cc4)c4ccccc4c3)cc2)n1. The third kappa shape index (κ3) is 5.85. The number of rotatable bonds is 6. The second-order valence-electron chi connectivity index (χ2n) is 11.8. The van der Waals surface area contributed by atoms with E-state index in [-0.39, 0.29) is 0 Å². The highest BCUT2D eigenvalue weighted by molar-refractivity contribution is 6.00. The van der Waals surface area contributed by atoms with E-state index in [2.05, 4.69) is 130 Å². The van der Waals surface area contributed by atoms with Gasteiger partial charge in [-0.1, -0.05) is 133 Å². The lowest BCUT2D eigenvalue weighted by Crippen LogP contribution is -1.98. The Labute approximate surface area is 279 Å². The fraction of sp³-hybridized carbons (Fsp3) is 0.0465. The monoisotopic (exact) mass is 617 g/mol. The number of hydrogen-bond acceptors (Lipinski definition) is 5. The number of aryl methyl sites for hydroxylation is 2. The third-order valence-corrected chi connectivity index (χ3v) is 8.52. The van der Waals surface area contributed by atoms with E-state index in [4.69, 9.17) is 9.97 Å². The average Bonchev–Trinajstić information content (AvgIpc) is 3.15. The van der Waals surface area contributed by atoms with Crippen LogP contribution in [0.25, 0.3) is 78.3 Å². The van der Waals surface area contributed by atoms with Crippen molar-refractivity contribution in [2.75, 3.05) is 0 Å². The van der Waals surface area contributed by atoms with Crippen LogP contribution < -0.4 is 0 Å². The zero-order valence-electron chi connectivity index (χ0n) is 26.7. The summed E-state index contributed by atoms with van der Waals surface area (Å²) in [7, 11) is 0. The van der Waals surface area contributed by atoms with Gasteiger partial charge in [0.1, 0.15) is 11.6 Å². The molecule has 0 amide bonds. The van der Waals surface area contributed by atoms with Crippen LogP contribution in [0.1, 0.15) is 11.6 Å². The topological polar surface area (TPSA) is 64.5 Å². The molecule has 0 unspecified atom stereocenters. The first-order valence-electron chi connectivity index (χ1n) is 16.0. The van der Waals surface area contributed by atoms with Gasteiger partial charge in [0.15, 0.2) is 11.6 Å². The smallest absolute Gasteiger partial charge is 0.163 e. The molecule has 0 aliphatic carbocycles. The molecule has 0 spiro atoms. The van der Waals surface area contributed by atoms with Crippen molar-refractivity contribution in [2.45, 2.75) is 13.8 Å². The first-order chi connectivity index (χ1) is 23.6. The van der Waals surface area contributed by atoms with Crippen LogP contribution in [0.4, 0.5) is 0 Å². The zero-order chi connectivity index (χ0) is 32.5. The van der Waals surface area contributed by atoms with Gasteiger partial charge in [0.05, 0.1) is 11.4 Å². The molecule has 5 heteroatoms. The second-order valence-corrected chi connectivity index (χ2v) is 11.8. The fourth-order valence-electron chi connectivity index (χ4n) is 6.16. The van der Waals surface area contributed by atoms with Gasteiger partial charge in [0.25, 0.3) is 0 Å². The molecule has 0 aliphatic heterocycles. The van der Waals surface area contributed by atoms with Crippen LogP contribution in [0.3, 0.4) is 0 Å². The maximum absolute atomic E-state index is 5.02. The number of nitrogens with zero attached hydrogens (tertiary/aromatic N) is 5. The van der Waals surface area contributed by atoms with Crippen LogP contribution in [0.15, 0.2) is 152 Å². The fourth-order valence-corrected chi connectivity index (χ4v) is 6.16. The van der Waals surface area contributed by atoms with Crippen molar-refractivity contribution in [1.29, 1.82) is 0 Å². The summed E-state index contributed by atoms with van der Waals surface area (Å²) >= 11 is 0. The Morgan fingerprint density at radius 3 is 1.48 bits per heavy atom. The highest BCUT2D eigenvalue weighted by Gasteiger charge is 2.13. The van der Waals surface area contributed by atoms with Crippen molar-refractivity contribution in [1.82, 2.24) is 24.9 Å². The molecule has 6 aromatic carbocycles. The lowest BCUT2D eigenvalue weighted by atomic mass is 9.92. The van der Waals surface area contributed by atoms with E-state index < -0.39 is 0 Å². The summed E-state index contributed by atoms with van der Waals surface area (Å²) in [6.45, 7) is 3.79. The lowest BCUT2D eigenvalue weighted by Gasteiger charge is -2.13. The van der Waals surface area contributed by atoms with Gasteiger partial charge in [-0.3, -0.25) is 0 Å². The minimum absolute atomic E-state index is 0.696. The molecule has 0 bridgehead atoms. The van der Waals surface area contributed by atoms with Crippen molar-refractivity contribution < 1.29 is 0 Å². The van der Waals surface area contributed by atoms with Crippen LogP contribution >= 0.6 is 0 Å². The highest BCUT2D eigenvalue weighted by atomic mass is 15.0. The van der Waals surface area contributed by atoms with E-state index in [0.29, 0.717) is 11.6 Å². The number of aromatic nitrogens is 5. The Kier molecular flexibility index (Phi) is 7.55. The molecule has 0 radical (unpaired) electrons. The van der Waals surface area contributed by atoms with Crippen LogP contribution in [0.2, 0.25) is 0 Å². The molecule has 48 heavy (non-hydrogen) atoms. The maximum atomic E-state index is 5.02. The van der Waals surface area contributed by atoms with Crippen molar-refractivity contribution in [2.24, 2.45) is 0 Å². The van der Waals surface area contributed by atoms with E-state index >= 15 is 0 Å². The lowest BCUT2D eigenvalue weighted by molar-refractivity contribution is 0.928. The van der Waals surface area contributed by atoms with Gasteiger partial charge < -0.3 is 0 Å². The molecule has 0 atom stereocenters. The van der Waals surface area contributed by atoms with Gasteiger partial charge >= 0.3 is 0 Å². The normalized spacial score (nSPS) is 11.1. The first kappa shape index (κ1) is 29.1. The van der Waals surface area contributed by atoms with E-state index in [1.165, 1.54) is 16.3 Å². The summed E-state index contributed by atoms with van der Waals surface area (Å²) < 4.78 is 0. The summed E-state index contributed by atoms with van der Waals surface area (Å²) in [5.41, 5.74) is 10.4. The Morgan fingerprint density at radius 2 is 0.812 bits per heavy atom. The summed E-state index contributed by atoms with van der Waals surface area (Å²) in [5, 5.41) is 2.40. The van der Waals surface area contributed by atoms with Gasteiger partial charge in [0.2, 0.25) is 0 Å². The van der Waals surface area contributed by atoms with Gasteiger partial charge in [-0.25, -0.2) is 24.9 Å². The molecule has 2 heterocycles. The molecule has 0 saturated carbocycles. The van der Waals surface area contributed by atoms with Gasteiger partial charge in [-0.15, -0.1) is 0 Å². The standard InChI is InChI=1S/C43H31N5/c1-28-44-29(2)46-42(45-28)35-23-17-30(18-24-35)37-25-36-15-9-10-16-38(36)39(26-37)31-19-21-33(22-20-31)41-27-40(32-11-5-3-6-12-32)47-43(48-41)34-13-7-4-8-14-34/h3-27H,1-2H3. The Hall–Kier alpha value is -6.33. The molecule has 8 rings (SSSR count). The summed E-state index contributed by atoms with van der Waals surface area (Å²) in [6, 6.07) is 52.8. The molecule has 5 nitrogen and oxygen atoms in total. The largest absolute Gasteiger partial charge is 0.228 e. The predicted octanol–water partition coefficient (Wildman–Crippen LogP) is 10.4. The van der Waals surface area contributed by atoms with Gasteiger partial charge in [-0.05, 0) is 65.1 Å². The van der Waals surface area contributed by atoms with Crippen molar-refractivity contribution in [3.05, 3.63) is 163 Å². The molecule has 228 valence electrons. The predicted molar refractivity (Wildman–Crippen MR) is 195 cm³/mol. The van der Waals surface area contributed by atoms with Crippen LogP contribution in [0.5, 0.6) is 0 Å². The van der Waals surface area contributed by atoms with E-state index in [1.807, 2.05) is 50.2 Å². The van der Waals surface area contributed by atoms with Crippen molar-refractivity contribution in [3.63, 3.8) is 0 Å². The number of hydrogen-bond donors (Lipinski definition) is 0. The minimum Gasteiger partial charge on any atom is -0.228 e. The molecule has 8 aromatic rings. The summed E-state index contributed by atoms with van der Waals surface area (Å²) in [4.78, 5) is 23.4. The molecular formula is C43H31N5. The third-order valence-electron chi connectivity index (χ3n) is 8.52. The highest BCUT2D eigenvalue weighted by Crippen LogP contribution is 2.36. The quantitative estimate of drug-likeness (QED) is 0.186. The Morgan fingerprint density at radius 1 is 0.333 bits per heavy atom. The van der Waals surface area contributed by atoms with Crippen LogP contribution in [-0.2, 0) is 0 Å². The van der Waals surface area contributed by atoms with E-state index in [9.17, 15) is 0 Å². The van der Waals surface area contributed by atoms with E-state index in [1.54, 1.807) is 0 Å². The molecule has 0 N–H and O–H groups in total. The van der Waals surface area contributed by atoms with E-state index in [0.717, 1.165) is 62.0 Å². The molecule has 2 aromatic heterocycles. The molecule has 0 aliphatic rings. The van der Waals surface area contributed by atoms with Crippen molar-refractivity contribution >= 4 is 10.8 Å². The molecule has 0 fully saturated rings. The summed E-state index contributed by atoms with van der Waals surface area (Å²) in [6.07, 6.45) is 0. The Bertz CT molecular complexity index is 2310. The van der Waals surface area contributed by atoms with Crippen LogP contribution in [-0.4, -0.2) is 24.9 Å². The number of benzene rings is 6. The molecule has 0 saturated heterocycles. The number of fused-ring (bicyclic) bond motifs is 1. The zero-order valence-corrected chi connectivity index (χ0v) is 26.7. The minimum atomic E-state index is 0.696. The van der Waals surface area contributed by atoms with Crippen molar-refractivity contribution in [3.8, 4) is 67.5 Å². The maximum Gasteiger partial charge on any atom is 0.163 e. The van der Waals surface area contributed by atoms with Gasteiger partial charge in [-0.2, -0.15) is 0 Å². The molecular weight excluding hydrogens is 587 g/mol. The van der Waals surface area contributed by atoms with Gasteiger partial charge in [0, 0.05) is 22.3 Å². The summed E-state index contributed by atoms with van der Waals surface area (Å²) in [5.74, 6) is 2.85. The first-order valence-corrected chi connectivity index (χ1v) is 16.0. The second kappa shape index (κ2) is 12.5.